The number of nitrogens with zero attached hydrogens (tertiary/aromatic N) is 2. The van der Waals surface area contributed by atoms with Crippen LogP contribution in [-0.4, -0.2) is 40.7 Å². The van der Waals surface area contributed by atoms with Crippen LogP contribution in [0, 0.1) is 6.92 Å². The molecular formula is C22H18BrN3O3S. The van der Waals surface area contributed by atoms with E-state index in [1.807, 2.05) is 36.6 Å². The molecule has 0 saturated carbocycles. The Morgan fingerprint density at radius 2 is 1.83 bits per heavy atom. The Morgan fingerprint density at radius 1 is 1.10 bits per heavy atom. The summed E-state index contributed by atoms with van der Waals surface area (Å²) in [5, 5.41) is 5.84. The van der Waals surface area contributed by atoms with E-state index in [9.17, 15) is 14.4 Å². The second kappa shape index (κ2) is 8.49. The summed E-state index contributed by atoms with van der Waals surface area (Å²) in [6, 6.07) is 13.0. The lowest BCUT2D eigenvalue weighted by Crippen LogP contribution is -2.40. The lowest BCUT2D eigenvalue weighted by atomic mass is 10.1. The van der Waals surface area contributed by atoms with Crippen LogP contribution in [0.2, 0.25) is 0 Å². The van der Waals surface area contributed by atoms with Gasteiger partial charge in [0.2, 0.25) is 5.91 Å². The van der Waals surface area contributed by atoms with E-state index in [1.54, 1.807) is 29.5 Å². The Kier molecular flexibility index (Phi) is 5.78. The van der Waals surface area contributed by atoms with Crippen LogP contribution in [0.4, 0.5) is 0 Å². The molecule has 1 aromatic heterocycles. The summed E-state index contributed by atoms with van der Waals surface area (Å²) in [6.45, 7) is 2.11. The highest BCUT2D eigenvalue weighted by Gasteiger charge is 2.36. The summed E-state index contributed by atoms with van der Waals surface area (Å²) in [7, 11) is 0. The van der Waals surface area contributed by atoms with Gasteiger partial charge in [0, 0.05) is 22.0 Å². The second-order valence-electron chi connectivity index (χ2n) is 6.93. The Hall–Kier alpha value is -2.84. The summed E-state index contributed by atoms with van der Waals surface area (Å²) in [4.78, 5) is 42.6. The van der Waals surface area contributed by atoms with Crippen LogP contribution in [0.25, 0.3) is 11.3 Å². The van der Waals surface area contributed by atoms with E-state index in [0.29, 0.717) is 28.6 Å². The van der Waals surface area contributed by atoms with Crippen LogP contribution in [0.5, 0.6) is 0 Å². The Bertz CT molecular complexity index is 1140. The summed E-state index contributed by atoms with van der Waals surface area (Å²) >= 11 is 4.91. The van der Waals surface area contributed by atoms with E-state index in [-0.39, 0.29) is 12.5 Å². The SMILES string of the molecule is Cc1nc(-c2ccc(CCNC(=O)CN3C(=O)c4ccc(Br)cc4C3=O)cc2)cs1. The lowest BCUT2D eigenvalue weighted by Gasteiger charge is -2.13. The van der Waals surface area contributed by atoms with E-state index in [1.165, 1.54) is 0 Å². The number of hydrogen-bond donors (Lipinski definition) is 1. The molecule has 4 rings (SSSR count). The van der Waals surface area contributed by atoms with E-state index < -0.39 is 11.8 Å². The topological polar surface area (TPSA) is 79.4 Å². The molecule has 1 aliphatic rings. The standard InChI is InChI=1S/C22H18BrN3O3S/c1-13-25-19(12-30-13)15-4-2-14(3-5-15)8-9-24-20(27)11-26-21(28)17-7-6-16(23)10-18(17)22(26)29/h2-7,10,12H,8-9,11H2,1H3,(H,24,27). The Morgan fingerprint density at radius 3 is 2.53 bits per heavy atom. The first-order chi connectivity index (χ1) is 14.4. The van der Waals surface area contributed by atoms with Crippen molar-refractivity contribution in [1.82, 2.24) is 15.2 Å². The van der Waals surface area contributed by atoms with Crippen molar-refractivity contribution in [2.75, 3.05) is 13.1 Å². The summed E-state index contributed by atoms with van der Waals surface area (Å²) in [5.74, 6) is -1.25. The molecule has 3 amide bonds. The molecule has 0 unspecified atom stereocenters. The molecule has 6 nitrogen and oxygen atoms in total. The van der Waals surface area contributed by atoms with Crippen LogP contribution in [0.15, 0.2) is 52.3 Å². The molecule has 3 aromatic rings. The van der Waals surface area contributed by atoms with Crippen LogP contribution in [0.1, 0.15) is 31.3 Å². The van der Waals surface area contributed by atoms with Gasteiger partial charge in [0.15, 0.2) is 0 Å². The van der Waals surface area contributed by atoms with Crippen LogP contribution >= 0.6 is 27.3 Å². The van der Waals surface area contributed by atoms with Gasteiger partial charge in [-0.05, 0) is 37.1 Å². The molecule has 0 fully saturated rings. The molecule has 0 bridgehead atoms. The Balaban J connectivity index is 1.29. The molecule has 0 aliphatic carbocycles. The average molecular weight is 484 g/mol. The highest BCUT2D eigenvalue weighted by atomic mass is 79.9. The number of rotatable bonds is 6. The third kappa shape index (κ3) is 4.20. The van der Waals surface area contributed by atoms with Crippen LogP contribution < -0.4 is 5.32 Å². The van der Waals surface area contributed by atoms with Gasteiger partial charge in [-0.15, -0.1) is 11.3 Å². The normalized spacial score (nSPS) is 12.9. The van der Waals surface area contributed by atoms with Gasteiger partial charge in [0.1, 0.15) is 6.54 Å². The number of imide groups is 1. The minimum absolute atomic E-state index is 0.286. The number of halogens is 1. The van der Waals surface area contributed by atoms with Crippen molar-refractivity contribution >= 4 is 45.0 Å². The number of fused-ring (bicyclic) bond motifs is 1. The van der Waals surface area contributed by atoms with Gasteiger partial charge < -0.3 is 5.32 Å². The Labute approximate surface area is 186 Å². The summed E-state index contributed by atoms with van der Waals surface area (Å²) < 4.78 is 0.713. The van der Waals surface area contributed by atoms with Crippen molar-refractivity contribution < 1.29 is 14.4 Å². The zero-order chi connectivity index (χ0) is 21.3. The number of carbonyl (C=O) groups excluding carboxylic acids is 3. The zero-order valence-electron chi connectivity index (χ0n) is 16.1. The lowest BCUT2D eigenvalue weighted by molar-refractivity contribution is -0.121. The molecule has 152 valence electrons. The molecule has 1 N–H and O–H groups in total. The average Bonchev–Trinajstić information content (AvgIpc) is 3.26. The van der Waals surface area contributed by atoms with E-state index in [0.717, 1.165) is 26.7 Å². The second-order valence-corrected chi connectivity index (χ2v) is 8.91. The maximum absolute atomic E-state index is 12.4. The number of thiazole rings is 1. The van der Waals surface area contributed by atoms with Crippen molar-refractivity contribution in [2.24, 2.45) is 0 Å². The summed E-state index contributed by atoms with van der Waals surface area (Å²) in [6.07, 6.45) is 0.650. The third-order valence-electron chi connectivity index (χ3n) is 4.84. The minimum Gasteiger partial charge on any atom is -0.354 e. The van der Waals surface area contributed by atoms with E-state index in [4.69, 9.17) is 0 Å². The molecular weight excluding hydrogens is 466 g/mol. The largest absolute Gasteiger partial charge is 0.354 e. The molecule has 0 atom stereocenters. The van der Waals surface area contributed by atoms with E-state index in [2.05, 4.69) is 26.2 Å². The summed E-state index contributed by atoms with van der Waals surface area (Å²) in [5.41, 5.74) is 3.75. The predicted octanol–water partition coefficient (Wildman–Crippen LogP) is 3.84. The molecule has 30 heavy (non-hydrogen) atoms. The smallest absolute Gasteiger partial charge is 0.262 e. The molecule has 0 radical (unpaired) electrons. The number of nitrogens with one attached hydrogen (secondary N) is 1. The molecule has 8 heteroatoms. The van der Waals surface area contributed by atoms with Gasteiger partial charge in [0.25, 0.3) is 11.8 Å². The monoisotopic (exact) mass is 483 g/mol. The fourth-order valence-electron chi connectivity index (χ4n) is 3.29. The van der Waals surface area contributed by atoms with Crippen LogP contribution in [0.3, 0.4) is 0 Å². The molecule has 2 aromatic carbocycles. The van der Waals surface area contributed by atoms with Crippen LogP contribution in [-0.2, 0) is 11.2 Å². The van der Waals surface area contributed by atoms with Gasteiger partial charge >= 0.3 is 0 Å². The number of aromatic nitrogens is 1. The van der Waals surface area contributed by atoms with Crippen molar-refractivity contribution in [3.63, 3.8) is 0 Å². The molecule has 2 heterocycles. The van der Waals surface area contributed by atoms with Gasteiger partial charge in [-0.25, -0.2) is 4.98 Å². The maximum Gasteiger partial charge on any atom is 0.262 e. The number of benzene rings is 2. The van der Waals surface area contributed by atoms with Gasteiger partial charge in [-0.3, -0.25) is 19.3 Å². The zero-order valence-corrected chi connectivity index (χ0v) is 18.5. The fourth-order valence-corrected chi connectivity index (χ4v) is 4.27. The number of hydrogen-bond acceptors (Lipinski definition) is 5. The highest BCUT2D eigenvalue weighted by Crippen LogP contribution is 2.26. The highest BCUT2D eigenvalue weighted by molar-refractivity contribution is 9.10. The van der Waals surface area contributed by atoms with Crippen molar-refractivity contribution in [3.05, 3.63) is 74.0 Å². The predicted molar refractivity (Wildman–Crippen MR) is 119 cm³/mol. The van der Waals surface area contributed by atoms with Crippen molar-refractivity contribution in [3.8, 4) is 11.3 Å². The van der Waals surface area contributed by atoms with Gasteiger partial charge in [-0.2, -0.15) is 0 Å². The quantitative estimate of drug-likeness (QED) is 0.540. The molecule has 0 saturated heterocycles. The first-order valence-electron chi connectivity index (χ1n) is 9.36. The number of carbonyl (C=O) groups is 3. The first-order valence-corrected chi connectivity index (χ1v) is 11.0. The van der Waals surface area contributed by atoms with Crippen molar-refractivity contribution in [1.29, 1.82) is 0 Å². The van der Waals surface area contributed by atoms with E-state index >= 15 is 0 Å². The van der Waals surface area contributed by atoms with Gasteiger partial charge in [0.05, 0.1) is 21.8 Å². The maximum atomic E-state index is 12.4. The number of amides is 3. The fraction of sp³-hybridized carbons (Fsp3) is 0.182. The molecule has 1 aliphatic heterocycles. The van der Waals surface area contributed by atoms with Crippen molar-refractivity contribution in [2.45, 2.75) is 13.3 Å². The number of aryl methyl sites for hydroxylation is 1. The minimum atomic E-state index is -0.445. The first kappa shape index (κ1) is 20.4. The van der Waals surface area contributed by atoms with Gasteiger partial charge in [-0.1, -0.05) is 40.2 Å². The molecule has 0 spiro atoms. The third-order valence-corrected chi connectivity index (χ3v) is 6.11.